The fraction of sp³-hybridized carbons (Fsp3) is 0.774. The maximum absolute atomic E-state index is 13.2. The molecular formula is C53H95NO5. The van der Waals surface area contributed by atoms with E-state index in [1.165, 1.54) is 109 Å². The summed E-state index contributed by atoms with van der Waals surface area (Å²) in [5.41, 5.74) is 0. The van der Waals surface area contributed by atoms with Gasteiger partial charge in [-0.1, -0.05) is 197 Å². The first-order valence-electron chi connectivity index (χ1n) is 25.0. The Kier molecular flexibility index (Phi) is 44.7. The van der Waals surface area contributed by atoms with Crippen molar-refractivity contribution in [2.45, 2.75) is 257 Å². The van der Waals surface area contributed by atoms with Crippen molar-refractivity contribution in [3.63, 3.8) is 0 Å². The highest BCUT2D eigenvalue weighted by molar-refractivity contribution is 5.77. The van der Waals surface area contributed by atoms with Gasteiger partial charge in [-0.05, 0) is 89.9 Å². The maximum Gasteiger partial charge on any atom is 0.306 e. The van der Waals surface area contributed by atoms with Gasteiger partial charge in [0.2, 0.25) is 5.91 Å². The summed E-state index contributed by atoms with van der Waals surface area (Å²) in [5.74, 6) is -0.548. The summed E-state index contributed by atoms with van der Waals surface area (Å²) in [5, 5.41) is 23.7. The molecule has 3 atom stereocenters. The number of hydrogen-bond acceptors (Lipinski definition) is 5. The molecule has 0 heterocycles. The summed E-state index contributed by atoms with van der Waals surface area (Å²) < 4.78 is 5.89. The lowest BCUT2D eigenvalue weighted by atomic mass is 10.0. The monoisotopic (exact) mass is 826 g/mol. The molecule has 342 valence electrons. The summed E-state index contributed by atoms with van der Waals surface area (Å²) in [6.45, 7) is 6.41. The first-order valence-corrected chi connectivity index (χ1v) is 25.0. The van der Waals surface area contributed by atoms with Gasteiger partial charge >= 0.3 is 5.97 Å². The minimum Gasteiger partial charge on any atom is -0.462 e. The molecule has 0 radical (unpaired) electrons. The number of aliphatic hydroxyl groups excluding tert-OH is 2. The maximum atomic E-state index is 13.2. The molecule has 0 aliphatic heterocycles. The van der Waals surface area contributed by atoms with Crippen LogP contribution in [0.2, 0.25) is 0 Å². The predicted molar refractivity (Wildman–Crippen MR) is 255 cm³/mol. The number of ether oxygens (including phenoxy) is 1. The van der Waals surface area contributed by atoms with E-state index in [0.717, 1.165) is 83.5 Å². The second kappa shape index (κ2) is 46.6. The molecule has 59 heavy (non-hydrogen) atoms. The Labute approximate surface area is 365 Å². The molecule has 0 spiro atoms. The second-order valence-corrected chi connectivity index (χ2v) is 16.9. The summed E-state index contributed by atoms with van der Waals surface area (Å²) >= 11 is 0. The number of carbonyl (C=O) groups is 2. The van der Waals surface area contributed by atoms with Crippen molar-refractivity contribution in [3.8, 4) is 0 Å². The average molecular weight is 826 g/mol. The molecule has 3 N–H and O–H groups in total. The Morgan fingerprint density at radius 1 is 0.492 bits per heavy atom. The zero-order valence-corrected chi connectivity index (χ0v) is 38.9. The molecule has 0 aliphatic carbocycles. The molecule has 3 unspecified atom stereocenters. The van der Waals surface area contributed by atoms with Crippen molar-refractivity contribution >= 4 is 11.9 Å². The molecule has 1 amide bonds. The predicted octanol–water partition coefficient (Wildman–Crippen LogP) is 14.8. The average Bonchev–Trinajstić information content (AvgIpc) is 3.23. The molecule has 0 bridgehead atoms. The Morgan fingerprint density at radius 2 is 0.881 bits per heavy atom. The lowest BCUT2D eigenvalue weighted by molar-refractivity contribution is -0.151. The topological polar surface area (TPSA) is 95.9 Å². The molecule has 0 aromatic rings. The molecule has 0 aliphatic rings. The molecule has 6 heteroatoms. The summed E-state index contributed by atoms with van der Waals surface area (Å²) in [4.78, 5) is 26.1. The normalized spacial score (nSPS) is 13.8. The highest BCUT2D eigenvalue weighted by atomic mass is 16.5. The van der Waals surface area contributed by atoms with Gasteiger partial charge in [-0.2, -0.15) is 0 Å². The zero-order valence-electron chi connectivity index (χ0n) is 38.9. The quantitative estimate of drug-likeness (QED) is 0.0323. The van der Waals surface area contributed by atoms with Crippen LogP contribution >= 0.6 is 0 Å². The van der Waals surface area contributed by atoms with Crippen LogP contribution in [0.1, 0.15) is 239 Å². The van der Waals surface area contributed by atoms with Gasteiger partial charge in [0, 0.05) is 6.42 Å². The van der Waals surface area contributed by atoms with E-state index in [9.17, 15) is 19.8 Å². The summed E-state index contributed by atoms with van der Waals surface area (Å²) in [6, 6.07) is -0.721. The van der Waals surface area contributed by atoms with E-state index in [0.29, 0.717) is 19.3 Å². The molecule has 0 saturated carbocycles. The fourth-order valence-corrected chi connectivity index (χ4v) is 7.24. The number of nitrogens with one attached hydrogen (secondary N) is 1. The van der Waals surface area contributed by atoms with Crippen LogP contribution < -0.4 is 5.32 Å². The van der Waals surface area contributed by atoms with Crippen LogP contribution in [0.3, 0.4) is 0 Å². The number of amides is 1. The lowest BCUT2D eigenvalue weighted by Gasteiger charge is -2.24. The SMILES string of the molecule is CCCCC/C=C\C/C=C\C/C=C\C/C=C\CCCC(CC(=O)NC(CO)C(O)CCCCCCCCCCCC)OC(=O)CCCCC/C=C\CCCCCCCC. The van der Waals surface area contributed by atoms with Crippen LogP contribution in [0, 0.1) is 0 Å². The van der Waals surface area contributed by atoms with Gasteiger partial charge in [-0.3, -0.25) is 9.59 Å². The molecule has 6 nitrogen and oxygen atoms in total. The third kappa shape index (κ3) is 42.1. The molecule has 0 fully saturated rings. The summed E-state index contributed by atoms with van der Waals surface area (Å²) in [6.07, 6.45) is 57.1. The minimum atomic E-state index is -0.804. The smallest absolute Gasteiger partial charge is 0.306 e. The number of hydrogen-bond donors (Lipinski definition) is 3. The van der Waals surface area contributed by atoms with Gasteiger partial charge in [0.15, 0.2) is 0 Å². The first kappa shape index (κ1) is 56.6. The van der Waals surface area contributed by atoms with Crippen LogP contribution in [-0.4, -0.2) is 46.9 Å². The van der Waals surface area contributed by atoms with E-state index in [1.54, 1.807) is 0 Å². The zero-order chi connectivity index (χ0) is 43.1. The number of rotatable bonds is 44. The highest BCUT2D eigenvalue weighted by Crippen LogP contribution is 2.16. The number of carbonyl (C=O) groups excluding carboxylic acids is 2. The standard InChI is InChI=1S/C53H95NO5/c1-4-7-10-13-16-19-22-24-25-26-27-29-30-32-35-38-41-44-49(59-53(58)46-43-40-37-34-31-28-23-20-17-14-11-8-5-2)47-52(57)54-50(48-55)51(56)45-42-39-36-33-21-18-15-12-9-6-3/h16,19,24-25,27-29,31-32,35,49-51,55-56H,4-15,17-18,20-23,26,30,33-34,36-48H2,1-3H3,(H,54,57)/b19-16-,25-24-,29-27-,31-28-,35-32-. The van der Waals surface area contributed by atoms with Gasteiger partial charge < -0.3 is 20.3 Å². The van der Waals surface area contributed by atoms with Crippen molar-refractivity contribution in [1.82, 2.24) is 5.32 Å². The Balaban J connectivity index is 4.73. The number of aliphatic hydroxyl groups is 2. The van der Waals surface area contributed by atoms with Crippen LogP contribution in [0.25, 0.3) is 0 Å². The van der Waals surface area contributed by atoms with Crippen molar-refractivity contribution in [1.29, 1.82) is 0 Å². The molecule has 0 aromatic heterocycles. The fourth-order valence-electron chi connectivity index (χ4n) is 7.24. The number of unbranched alkanes of at least 4 members (excludes halogenated alkanes) is 22. The van der Waals surface area contributed by atoms with Crippen molar-refractivity contribution in [2.75, 3.05) is 6.61 Å². The Bertz CT molecular complexity index is 1060. The van der Waals surface area contributed by atoms with Gasteiger partial charge in [0.1, 0.15) is 6.10 Å². The number of allylic oxidation sites excluding steroid dienone is 10. The largest absolute Gasteiger partial charge is 0.462 e. The third-order valence-corrected chi connectivity index (χ3v) is 11.1. The van der Waals surface area contributed by atoms with E-state index in [-0.39, 0.29) is 24.9 Å². The van der Waals surface area contributed by atoms with Crippen LogP contribution in [0.15, 0.2) is 60.8 Å². The summed E-state index contributed by atoms with van der Waals surface area (Å²) in [7, 11) is 0. The van der Waals surface area contributed by atoms with E-state index in [1.807, 2.05) is 0 Å². The van der Waals surface area contributed by atoms with Crippen molar-refractivity contribution in [3.05, 3.63) is 60.8 Å². The van der Waals surface area contributed by atoms with Crippen molar-refractivity contribution in [2.24, 2.45) is 0 Å². The minimum absolute atomic E-state index is 0.0330. The van der Waals surface area contributed by atoms with Gasteiger partial charge in [-0.15, -0.1) is 0 Å². The van der Waals surface area contributed by atoms with Crippen LogP contribution in [0.4, 0.5) is 0 Å². The van der Waals surface area contributed by atoms with E-state index >= 15 is 0 Å². The Morgan fingerprint density at radius 3 is 1.39 bits per heavy atom. The van der Waals surface area contributed by atoms with E-state index in [2.05, 4.69) is 86.8 Å². The van der Waals surface area contributed by atoms with Crippen LogP contribution in [0.5, 0.6) is 0 Å². The first-order chi connectivity index (χ1) is 29.0. The lowest BCUT2D eigenvalue weighted by Crippen LogP contribution is -2.46. The van der Waals surface area contributed by atoms with Gasteiger partial charge in [0.05, 0.1) is 25.2 Å². The number of esters is 1. The third-order valence-electron chi connectivity index (χ3n) is 11.1. The molecule has 0 aromatic carbocycles. The molecule has 0 saturated heterocycles. The van der Waals surface area contributed by atoms with Gasteiger partial charge in [0.25, 0.3) is 0 Å². The van der Waals surface area contributed by atoms with Crippen LogP contribution in [-0.2, 0) is 14.3 Å². The highest BCUT2D eigenvalue weighted by Gasteiger charge is 2.24. The molecular weight excluding hydrogens is 731 g/mol. The van der Waals surface area contributed by atoms with E-state index in [4.69, 9.17) is 4.74 Å². The molecule has 0 rings (SSSR count). The van der Waals surface area contributed by atoms with Gasteiger partial charge in [-0.25, -0.2) is 0 Å². The van der Waals surface area contributed by atoms with Crippen molar-refractivity contribution < 1.29 is 24.5 Å². The van der Waals surface area contributed by atoms with E-state index < -0.39 is 18.2 Å². The Hall–Kier alpha value is -2.44. The second-order valence-electron chi connectivity index (χ2n) is 16.9.